The highest BCUT2D eigenvalue weighted by Crippen LogP contribution is 2.32. The third-order valence-electron chi connectivity index (χ3n) is 3.96. The predicted octanol–water partition coefficient (Wildman–Crippen LogP) is 3.28. The molecule has 0 bridgehead atoms. The molecule has 3 amide bonds. The minimum Gasteiger partial charge on any atom is -0.495 e. The van der Waals surface area contributed by atoms with Crippen molar-refractivity contribution in [2.75, 3.05) is 19.0 Å². The first kappa shape index (κ1) is 20.1. The Hall–Kier alpha value is -3.66. The van der Waals surface area contributed by atoms with Gasteiger partial charge in [0.15, 0.2) is 0 Å². The normalized spacial score (nSPS) is 14.9. The number of hydrogen-bond donors (Lipinski definition) is 1. The molecular weight excluding hydrogens is 398 g/mol. The third-order valence-corrected chi connectivity index (χ3v) is 4.87. The molecule has 2 aromatic rings. The number of ether oxygens (including phenoxy) is 1. The van der Waals surface area contributed by atoms with Crippen LogP contribution < -0.4 is 10.1 Å². The van der Waals surface area contributed by atoms with E-state index in [0.717, 1.165) is 4.90 Å². The van der Waals surface area contributed by atoms with Crippen LogP contribution in [0.25, 0.3) is 6.08 Å². The van der Waals surface area contributed by atoms with Gasteiger partial charge in [0.25, 0.3) is 16.8 Å². The lowest BCUT2D eigenvalue weighted by atomic mass is 10.2. The van der Waals surface area contributed by atoms with Crippen molar-refractivity contribution in [1.29, 1.82) is 0 Å². The Morgan fingerprint density at radius 3 is 2.55 bits per heavy atom. The molecule has 9 nitrogen and oxygen atoms in total. The van der Waals surface area contributed by atoms with Gasteiger partial charge in [0.05, 0.1) is 22.6 Å². The van der Waals surface area contributed by atoms with Crippen LogP contribution in [-0.4, -0.2) is 40.5 Å². The summed E-state index contributed by atoms with van der Waals surface area (Å²) in [7, 11) is 1.46. The molecule has 0 saturated carbocycles. The van der Waals surface area contributed by atoms with E-state index in [9.17, 15) is 24.5 Å². The number of nitrogens with one attached hydrogen (secondary N) is 1. The molecule has 0 radical (unpaired) electrons. The maximum atomic E-state index is 12.5. The lowest BCUT2D eigenvalue weighted by molar-refractivity contribution is -0.384. The number of imide groups is 1. The summed E-state index contributed by atoms with van der Waals surface area (Å²) in [5.41, 5.74) is 0.872. The van der Waals surface area contributed by atoms with Crippen molar-refractivity contribution in [3.8, 4) is 5.75 Å². The Bertz CT molecular complexity index is 1020. The summed E-state index contributed by atoms with van der Waals surface area (Å²) >= 11 is 0.703. The highest BCUT2D eigenvalue weighted by atomic mass is 32.2. The number of hydrogen-bond acceptors (Lipinski definition) is 7. The molecule has 1 aliphatic heterocycles. The van der Waals surface area contributed by atoms with E-state index in [1.807, 2.05) is 0 Å². The first-order valence-corrected chi connectivity index (χ1v) is 9.13. The minimum absolute atomic E-state index is 0.0803. The SMILES string of the molecule is COc1ccccc1NC(=O)CN1C(=O)S/C(=C/c2ccc([N+](=O)[O-])cc2)C1=O. The molecule has 1 fully saturated rings. The highest BCUT2D eigenvalue weighted by Gasteiger charge is 2.36. The topological polar surface area (TPSA) is 119 Å². The standard InChI is InChI=1S/C19H15N3O6S/c1-28-15-5-3-2-4-14(15)20-17(23)11-21-18(24)16(29-19(21)25)10-12-6-8-13(9-7-12)22(26)27/h2-10H,11H2,1H3,(H,20,23)/b16-10+. The van der Waals surface area contributed by atoms with Crippen LogP contribution in [0.3, 0.4) is 0 Å². The Morgan fingerprint density at radius 1 is 1.21 bits per heavy atom. The van der Waals surface area contributed by atoms with E-state index in [0.29, 0.717) is 28.8 Å². The number of rotatable bonds is 6. The average molecular weight is 413 g/mol. The molecule has 0 aliphatic carbocycles. The van der Waals surface area contributed by atoms with Gasteiger partial charge in [-0.15, -0.1) is 0 Å². The number of thioether (sulfide) groups is 1. The van der Waals surface area contributed by atoms with E-state index < -0.39 is 28.5 Å². The molecule has 1 aliphatic rings. The molecule has 2 aromatic carbocycles. The van der Waals surface area contributed by atoms with Crippen molar-refractivity contribution in [3.05, 3.63) is 69.1 Å². The average Bonchev–Trinajstić information content (AvgIpc) is 2.96. The van der Waals surface area contributed by atoms with Gasteiger partial charge in [-0.05, 0) is 47.7 Å². The van der Waals surface area contributed by atoms with E-state index in [1.165, 1.54) is 37.5 Å². The van der Waals surface area contributed by atoms with E-state index in [4.69, 9.17) is 4.74 Å². The van der Waals surface area contributed by atoms with E-state index in [1.54, 1.807) is 24.3 Å². The van der Waals surface area contributed by atoms with Crippen molar-refractivity contribution in [3.63, 3.8) is 0 Å². The fourth-order valence-electron chi connectivity index (χ4n) is 2.56. The number of carbonyl (C=O) groups is 3. The maximum Gasteiger partial charge on any atom is 0.294 e. The summed E-state index contributed by atoms with van der Waals surface area (Å²) in [5, 5.41) is 12.7. The van der Waals surface area contributed by atoms with Crippen LogP contribution in [0.5, 0.6) is 5.75 Å². The second-order valence-corrected chi connectivity index (χ2v) is 6.86. The van der Waals surface area contributed by atoms with Crippen LogP contribution in [0.4, 0.5) is 16.2 Å². The zero-order chi connectivity index (χ0) is 21.0. The Balaban J connectivity index is 1.70. The number of amides is 3. The summed E-state index contributed by atoms with van der Waals surface area (Å²) in [4.78, 5) is 48.1. The second-order valence-electron chi connectivity index (χ2n) is 5.86. The molecule has 1 saturated heterocycles. The molecule has 0 spiro atoms. The molecule has 0 aromatic heterocycles. The monoisotopic (exact) mass is 413 g/mol. The Kier molecular flexibility index (Phi) is 5.93. The molecular formula is C19H15N3O6S. The van der Waals surface area contributed by atoms with Crippen LogP contribution in [-0.2, 0) is 9.59 Å². The summed E-state index contributed by atoms with van der Waals surface area (Å²) in [6.45, 7) is -0.444. The summed E-state index contributed by atoms with van der Waals surface area (Å²) < 4.78 is 5.15. The van der Waals surface area contributed by atoms with Crippen molar-refractivity contribution >= 4 is 46.3 Å². The molecule has 29 heavy (non-hydrogen) atoms. The van der Waals surface area contributed by atoms with Crippen molar-refractivity contribution < 1.29 is 24.0 Å². The number of anilines is 1. The van der Waals surface area contributed by atoms with Crippen LogP contribution in [0.2, 0.25) is 0 Å². The van der Waals surface area contributed by atoms with Gasteiger partial charge < -0.3 is 10.1 Å². The molecule has 0 unspecified atom stereocenters. The number of nitro groups is 1. The summed E-state index contributed by atoms with van der Waals surface area (Å²) in [6.07, 6.45) is 1.45. The van der Waals surface area contributed by atoms with Gasteiger partial charge in [0.1, 0.15) is 12.3 Å². The summed E-state index contributed by atoms with van der Waals surface area (Å²) in [5.74, 6) is -0.699. The van der Waals surface area contributed by atoms with Gasteiger partial charge >= 0.3 is 0 Å². The fraction of sp³-hybridized carbons (Fsp3) is 0.105. The fourth-order valence-corrected chi connectivity index (χ4v) is 3.40. The lowest BCUT2D eigenvalue weighted by Crippen LogP contribution is -2.36. The Morgan fingerprint density at radius 2 is 1.90 bits per heavy atom. The van der Waals surface area contributed by atoms with E-state index in [2.05, 4.69) is 5.32 Å². The van der Waals surface area contributed by atoms with Gasteiger partial charge in [0, 0.05) is 12.1 Å². The molecule has 0 atom stereocenters. The van der Waals surface area contributed by atoms with Crippen LogP contribution in [0.15, 0.2) is 53.4 Å². The number of nitro benzene ring substituents is 1. The molecule has 1 N–H and O–H groups in total. The van der Waals surface area contributed by atoms with Gasteiger partial charge in [-0.25, -0.2) is 0 Å². The Labute approximate surface area is 169 Å². The zero-order valence-corrected chi connectivity index (χ0v) is 16.0. The molecule has 1 heterocycles. The molecule has 10 heteroatoms. The van der Waals surface area contributed by atoms with Crippen LogP contribution in [0.1, 0.15) is 5.56 Å². The van der Waals surface area contributed by atoms with E-state index >= 15 is 0 Å². The highest BCUT2D eigenvalue weighted by molar-refractivity contribution is 8.18. The van der Waals surface area contributed by atoms with Gasteiger partial charge in [0.2, 0.25) is 5.91 Å². The molecule has 148 valence electrons. The van der Waals surface area contributed by atoms with Gasteiger partial charge in [-0.3, -0.25) is 29.4 Å². The smallest absolute Gasteiger partial charge is 0.294 e. The van der Waals surface area contributed by atoms with Gasteiger partial charge in [-0.2, -0.15) is 0 Å². The number of carbonyl (C=O) groups excluding carboxylic acids is 3. The summed E-state index contributed by atoms with van der Waals surface area (Å²) in [6, 6.07) is 12.3. The minimum atomic E-state index is -0.603. The number of non-ortho nitro benzene ring substituents is 1. The van der Waals surface area contributed by atoms with Crippen molar-refractivity contribution in [2.45, 2.75) is 0 Å². The first-order chi connectivity index (χ1) is 13.9. The third kappa shape index (κ3) is 4.61. The molecule has 3 rings (SSSR count). The van der Waals surface area contributed by atoms with Crippen molar-refractivity contribution in [1.82, 2.24) is 4.90 Å². The largest absolute Gasteiger partial charge is 0.495 e. The van der Waals surface area contributed by atoms with Gasteiger partial charge in [-0.1, -0.05) is 12.1 Å². The number of benzene rings is 2. The van der Waals surface area contributed by atoms with E-state index in [-0.39, 0.29) is 10.6 Å². The van der Waals surface area contributed by atoms with Crippen molar-refractivity contribution in [2.24, 2.45) is 0 Å². The lowest BCUT2D eigenvalue weighted by Gasteiger charge is -2.14. The quantitative estimate of drug-likeness (QED) is 0.438. The first-order valence-electron chi connectivity index (χ1n) is 8.31. The number of methoxy groups -OCH3 is 1. The number of para-hydroxylation sites is 2. The number of nitrogens with zero attached hydrogens (tertiary/aromatic N) is 2. The maximum absolute atomic E-state index is 12.5. The zero-order valence-electron chi connectivity index (χ0n) is 15.2. The van der Waals surface area contributed by atoms with Crippen LogP contribution in [0, 0.1) is 10.1 Å². The predicted molar refractivity (Wildman–Crippen MR) is 107 cm³/mol. The second kappa shape index (κ2) is 8.57. The van der Waals surface area contributed by atoms with Crippen LogP contribution >= 0.6 is 11.8 Å².